The lowest BCUT2D eigenvalue weighted by Gasteiger charge is -2.10. The highest BCUT2D eigenvalue weighted by molar-refractivity contribution is 5.88. The number of aryl methyl sites for hydroxylation is 1. The summed E-state index contributed by atoms with van der Waals surface area (Å²) in [6, 6.07) is 3.25. The summed E-state index contributed by atoms with van der Waals surface area (Å²) in [6.07, 6.45) is 2.81. The molecule has 0 spiro atoms. The number of hydrogen-bond donors (Lipinski definition) is 2. The molecule has 0 saturated carbocycles. The van der Waals surface area contributed by atoms with Gasteiger partial charge in [-0.3, -0.25) is 0 Å². The molecule has 0 saturated heterocycles. The minimum Gasteiger partial charge on any atom is -0.478 e. The fourth-order valence-electron chi connectivity index (χ4n) is 1.67. The molecule has 4 nitrogen and oxygen atoms in total. The number of anilines is 1. The van der Waals surface area contributed by atoms with E-state index in [1.54, 1.807) is 12.1 Å². The number of aromatic nitrogens is 1. The Hall–Kier alpha value is -1.58. The SMILES string of the molecule is CCCc1cc(C(=O)O)cc(NCCC(C)C)n1. The Balaban J connectivity index is 2.79. The van der Waals surface area contributed by atoms with Crippen molar-refractivity contribution in [3.8, 4) is 0 Å². The molecule has 1 aromatic heterocycles. The topological polar surface area (TPSA) is 62.2 Å². The molecule has 18 heavy (non-hydrogen) atoms. The van der Waals surface area contributed by atoms with Gasteiger partial charge in [-0.05, 0) is 30.9 Å². The summed E-state index contributed by atoms with van der Waals surface area (Å²) in [5, 5.41) is 12.3. The van der Waals surface area contributed by atoms with Gasteiger partial charge in [0.1, 0.15) is 5.82 Å². The van der Waals surface area contributed by atoms with Gasteiger partial charge in [-0.2, -0.15) is 0 Å². The lowest BCUT2D eigenvalue weighted by Crippen LogP contribution is -2.09. The summed E-state index contributed by atoms with van der Waals surface area (Å²) in [6.45, 7) is 7.19. The van der Waals surface area contributed by atoms with Crippen LogP contribution in [-0.4, -0.2) is 22.6 Å². The molecule has 0 aromatic carbocycles. The molecule has 2 N–H and O–H groups in total. The number of pyridine rings is 1. The van der Waals surface area contributed by atoms with E-state index in [1.165, 1.54) is 0 Å². The summed E-state index contributed by atoms with van der Waals surface area (Å²) >= 11 is 0. The van der Waals surface area contributed by atoms with E-state index in [9.17, 15) is 4.79 Å². The molecule has 0 bridgehead atoms. The number of hydrogen-bond acceptors (Lipinski definition) is 3. The van der Waals surface area contributed by atoms with E-state index in [0.717, 1.165) is 31.5 Å². The molecule has 0 fully saturated rings. The molecule has 0 aliphatic heterocycles. The smallest absolute Gasteiger partial charge is 0.335 e. The van der Waals surface area contributed by atoms with Crippen LogP contribution in [0.3, 0.4) is 0 Å². The minimum atomic E-state index is -0.901. The van der Waals surface area contributed by atoms with E-state index in [1.807, 2.05) is 0 Å². The van der Waals surface area contributed by atoms with Crippen molar-refractivity contribution in [1.29, 1.82) is 0 Å². The van der Waals surface area contributed by atoms with E-state index in [0.29, 0.717) is 17.3 Å². The van der Waals surface area contributed by atoms with E-state index in [2.05, 4.69) is 31.1 Å². The first-order valence-corrected chi connectivity index (χ1v) is 6.51. The second kappa shape index (κ2) is 6.99. The van der Waals surface area contributed by atoms with Gasteiger partial charge in [0.25, 0.3) is 0 Å². The molecule has 100 valence electrons. The van der Waals surface area contributed by atoms with Crippen molar-refractivity contribution in [3.63, 3.8) is 0 Å². The molecular weight excluding hydrogens is 228 g/mol. The predicted octanol–water partition coefficient (Wildman–Crippen LogP) is 3.19. The minimum absolute atomic E-state index is 0.306. The van der Waals surface area contributed by atoms with Crippen molar-refractivity contribution in [3.05, 3.63) is 23.4 Å². The summed E-state index contributed by atoms with van der Waals surface area (Å²) in [7, 11) is 0. The van der Waals surface area contributed by atoms with E-state index in [-0.39, 0.29) is 0 Å². The first kappa shape index (κ1) is 14.5. The zero-order valence-electron chi connectivity index (χ0n) is 11.4. The Kier molecular flexibility index (Phi) is 5.62. The standard InChI is InChI=1S/C14H22N2O2/c1-4-5-12-8-11(14(17)18)9-13(16-12)15-7-6-10(2)3/h8-10H,4-7H2,1-3H3,(H,15,16)(H,17,18). The molecule has 4 heteroatoms. The number of carboxylic acid groups (broad SMARTS) is 1. The Morgan fingerprint density at radius 2 is 2.17 bits per heavy atom. The van der Waals surface area contributed by atoms with Crippen LogP contribution in [0.15, 0.2) is 12.1 Å². The molecule has 0 aliphatic carbocycles. The molecule has 0 unspecified atom stereocenters. The highest BCUT2D eigenvalue weighted by Gasteiger charge is 2.08. The highest BCUT2D eigenvalue weighted by Crippen LogP contribution is 2.13. The predicted molar refractivity (Wildman–Crippen MR) is 73.1 cm³/mol. The number of rotatable bonds is 7. The third-order valence-electron chi connectivity index (χ3n) is 2.66. The maximum Gasteiger partial charge on any atom is 0.335 e. The summed E-state index contributed by atoms with van der Waals surface area (Å²) in [5.41, 5.74) is 1.14. The van der Waals surface area contributed by atoms with Crippen molar-refractivity contribution < 1.29 is 9.90 Å². The molecule has 1 heterocycles. The second-order valence-electron chi connectivity index (χ2n) is 4.90. The molecule has 0 radical (unpaired) electrons. The molecule has 0 amide bonds. The monoisotopic (exact) mass is 250 g/mol. The number of carboxylic acids is 1. The van der Waals surface area contributed by atoms with Gasteiger partial charge in [0.2, 0.25) is 0 Å². The van der Waals surface area contributed by atoms with Crippen LogP contribution >= 0.6 is 0 Å². The number of aromatic carboxylic acids is 1. The van der Waals surface area contributed by atoms with E-state index >= 15 is 0 Å². The fraction of sp³-hybridized carbons (Fsp3) is 0.571. The van der Waals surface area contributed by atoms with Crippen LogP contribution in [0.25, 0.3) is 0 Å². The van der Waals surface area contributed by atoms with Gasteiger partial charge >= 0.3 is 5.97 Å². The van der Waals surface area contributed by atoms with Crippen molar-refractivity contribution in [2.75, 3.05) is 11.9 Å². The summed E-state index contributed by atoms with van der Waals surface area (Å²) in [5.74, 6) is 0.385. The molecule has 1 rings (SSSR count). The van der Waals surface area contributed by atoms with Gasteiger partial charge in [0, 0.05) is 12.2 Å². The van der Waals surface area contributed by atoms with Gasteiger partial charge in [0.15, 0.2) is 0 Å². The highest BCUT2D eigenvalue weighted by atomic mass is 16.4. The number of nitrogens with zero attached hydrogens (tertiary/aromatic N) is 1. The van der Waals surface area contributed by atoms with E-state index < -0.39 is 5.97 Å². The molecule has 1 aromatic rings. The fourth-order valence-corrected chi connectivity index (χ4v) is 1.67. The van der Waals surface area contributed by atoms with Crippen molar-refractivity contribution in [2.45, 2.75) is 40.0 Å². The maximum absolute atomic E-state index is 11.0. The Morgan fingerprint density at radius 3 is 2.72 bits per heavy atom. The average Bonchev–Trinajstić information content (AvgIpc) is 2.28. The van der Waals surface area contributed by atoms with Crippen LogP contribution in [0.2, 0.25) is 0 Å². The Bertz CT molecular complexity index is 403. The quantitative estimate of drug-likeness (QED) is 0.780. The zero-order chi connectivity index (χ0) is 13.5. The van der Waals surface area contributed by atoms with E-state index in [4.69, 9.17) is 5.11 Å². The third-order valence-corrected chi connectivity index (χ3v) is 2.66. The summed E-state index contributed by atoms with van der Waals surface area (Å²) < 4.78 is 0. The van der Waals surface area contributed by atoms with Crippen LogP contribution in [0.4, 0.5) is 5.82 Å². The first-order chi connectivity index (χ1) is 8.52. The van der Waals surface area contributed by atoms with Gasteiger partial charge < -0.3 is 10.4 Å². The van der Waals surface area contributed by atoms with Crippen LogP contribution < -0.4 is 5.32 Å². The van der Waals surface area contributed by atoms with Gasteiger partial charge in [-0.1, -0.05) is 27.2 Å². The lowest BCUT2D eigenvalue weighted by atomic mass is 10.1. The van der Waals surface area contributed by atoms with Crippen LogP contribution in [-0.2, 0) is 6.42 Å². The number of nitrogens with one attached hydrogen (secondary N) is 1. The Morgan fingerprint density at radius 1 is 1.44 bits per heavy atom. The lowest BCUT2D eigenvalue weighted by molar-refractivity contribution is 0.0696. The first-order valence-electron chi connectivity index (χ1n) is 6.51. The molecule has 0 atom stereocenters. The van der Waals surface area contributed by atoms with Crippen LogP contribution in [0, 0.1) is 5.92 Å². The second-order valence-corrected chi connectivity index (χ2v) is 4.90. The third kappa shape index (κ3) is 4.73. The van der Waals surface area contributed by atoms with Crippen molar-refractivity contribution in [2.24, 2.45) is 5.92 Å². The van der Waals surface area contributed by atoms with Crippen LogP contribution in [0.5, 0.6) is 0 Å². The molecule has 0 aliphatic rings. The normalized spacial score (nSPS) is 10.7. The van der Waals surface area contributed by atoms with Gasteiger partial charge in [0.05, 0.1) is 5.56 Å². The van der Waals surface area contributed by atoms with Crippen molar-refractivity contribution in [1.82, 2.24) is 4.98 Å². The average molecular weight is 250 g/mol. The zero-order valence-corrected chi connectivity index (χ0v) is 11.4. The van der Waals surface area contributed by atoms with Gasteiger partial charge in [-0.15, -0.1) is 0 Å². The van der Waals surface area contributed by atoms with Crippen LogP contribution in [0.1, 0.15) is 49.7 Å². The summed E-state index contributed by atoms with van der Waals surface area (Å²) in [4.78, 5) is 15.5. The molecular formula is C14H22N2O2. The van der Waals surface area contributed by atoms with Gasteiger partial charge in [-0.25, -0.2) is 9.78 Å². The number of carbonyl (C=O) groups is 1. The Labute approximate surface area is 108 Å². The largest absolute Gasteiger partial charge is 0.478 e. The van der Waals surface area contributed by atoms with Crippen molar-refractivity contribution >= 4 is 11.8 Å². The maximum atomic E-state index is 11.0.